The number of carbonyl (C=O) groups excluding carboxylic acids is 1. The molecule has 0 unspecified atom stereocenters. The summed E-state index contributed by atoms with van der Waals surface area (Å²) in [5.74, 6) is 1.23. The van der Waals surface area contributed by atoms with Gasteiger partial charge in [-0.25, -0.2) is 9.50 Å². The number of carbonyl (C=O) groups is 1. The normalized spacial score (nSPS) is 10.6. The van der Waals surface area contributed by atoms with E-state index in [9.17, 15) is 4.79 Å². The van der Waals surface area contributed by atoms with Crippen LogP contribution in [0.5, 0.6) is 5.75 Å². The summed E-state index contributed by atoms with van der Waals surface area (Å²) in [6.07, 6.45) is 2.53. The molecule has 0 radical (unpaired) electrons. The van der Waals surface area contributed by atoms with Crippen molar-refractivity contribution in [3.8, 4) is 17.1 Å². The average Bonchev–Trinajstić information content (AvgIpc) is 2.90. The van der Waals surface area contributed by atoms with Gasteiger partial charge in [-0.05, 0) is 24.3 Å². The van der Waals surface area contributed by atoms with Gasteiger partial charge in [-0.2, -0.15) is 0 Å². The molecule has 0 aliphatic carbocycles. The van der Waals surface area contributed by atoms with Crippen molar-refractivity contribution in [2.75, 3.05) is 7.11 Å². The van der Waals surface area contributed by atoms with Crippen LogP contribution < -0.4 is 4.74 Å². The van der Waals surface area contributed by atoms with Crippen LogP contribution in [-0.2, 0) is 0 Å². The van der Waals surface area contributed by atoms with E-state index in [4.69, 9.17) is 4.74 Å². The Morgan fingerprint density at radius 3 is 2.84 bits per heavy atom. The molecule has 0 saturated heterocycles. The number of pyridine rings is 1. The van der Waals surface area contributed by atoms with Crippen LogP contribution in [0.15, 0.2) is 42.6 Å². The molecule has 0 aliphatic heterocycles. The van der Waals surface area contributed by atoms with E-state index in [1.807, 2.05) is 24.3 Å². The van der Waals surface area contributed by atoms with Crippen molar-refractivity contribution in [1.29, 1.82) is 0 Å². The molecule has 94 valence electrons. The first-order valence-corrected chi connectivity index (χ1v) is 5.77. The van der Waals surface area contributed by atoms with E-state index >= 15 is 0 Å². The molecule has 0 N–H and O–H groups in total. The van der Waals surface area contributed by atoms with Gasteiger partial charge >= 0.3 is 0 Å². The maximum absolute atomic E-state index is 11.0. The molecule has 3 rings (SSSR count). The third-order valence-corrected chi connectivity index (χ3v) is 2.87. The summed E-state index contributed by atoms with van der Waals surface area (Å²) >= 11 is 0. The molecule has 0 amide bonds. The van der Waals surface area contributed by atoms with Crippen LogP contribution in [0.2, 0.25) is 0 Å². The smallest absolute Gasteiger partial charge is 0.185 e. The van der Waals surface area contributed by atoms with Crippen molar-refractivity contribution >= 4 is 11.9 Å². The summed E-state index contributed by atoms with van der Waals surface area (Å²) in [6.45, 7) is 0. The number of hydrogen-bond donors (Lipinski definition) is 0. The summed E-state index contributed by atoms with van der Waals surface area (Å²) in [5.41, 5.74) is 1.85. The number of para-hydroxylation sites is 1. The van der Waals surface area contributed by atoms with Gasteiger partial charge in [0, 0.05) is 6.20 Å². The van der Waals surface area contributed by atoms with Gasteiger partial charge < -0.3 is 4.74 Å². The Hall–Kier alpha value is -2.69. The molecule has 5 nitrogen and oxygen atoms in total. The number of aldehydes is 1. The minimum atomic E-state index is 0.510. The van der Waals surface area contributed by atoms with Gasteiger partial charge in [0.05, 0.1) is 18.2 Å². The van der Waals surface area contributed by atoms with Gasteiger partial charge in [0.15, 0.2) is 17.8 Å². The number of methoxy groups -OCH3 is 1. The van der Waals surface area contributed by atoms with Gasteiger partial charge in [0.2, 0.25) is 0 Å². The van der Waals surface area contributed by atoms with Gasteiger partial charge in [0.1, 0.15) is 5.75 Å². The van der Waals surface area contributed by atoms with Gasteiger partial charge in [-0.1, -0.05) is 12.1 Å². The molecule has 2 aromatic heterocycles. The topological polar surface area (TPSA) is 56.5 Å². The minimum Gasteiger partial charge on any atom is -0.496 e. The van der Waals surface area contributed by atoms with E-state index < -0.39 is 0 Å². The number of rotatable bonds is 3. The van der Waals surface area contributed by atoms with E-state index in [1.54, 1.807) is 30.0 Å². The van der Waals surface area contributed by atoms with E-state index in [0.717, 1.165) is 11.8 Å². The standard InChI is InChI=1S/C14H11N3O2/c1-19-12-7-3-2-6-11(12)13-15-14-10(9-18)5-4-8-17(14)16-13/h2-9H,1H3. The van der Waals surface area contributed by atoms with Crippen LogP contribution in [0.3, 0.4) is 0 Å². The Kier molecular flexibility index (Phi) is 2.72. The average molecular weight is 253 g/mol. The van der Waals surface area contributed by atoms with Crippen molar-refractivity contribution in [3.63, 3.8) is 0 Å². The van der Waals surface area contributed by atoms with E-state index in [-0.39, 0.29) is 0 Å². The molecular weight excluding hydrogens is 242 g/mol. The lowest BCUT2D eigenvalue weighted by Crippen LogP contribution is -1.91. The van der Waals surface area contributed by atoms with Crippen molar-refractivity contribution in [2.45, 2.75) is 0 Å². The fourth-order valence-electron chi connectivity index (χ4n) is 1.96. The SMILES string of the molecule is COc1ccccc1-c1nc2c(C=O)cccn2n1. The zero-order valence-corrected chi connectivity index (χ0v) is 10.3. The predicted molar refractivity (Wildman–Crippen MR) is 70.4 cm³/mol. The number of benzene rings is 1. The van der Waals surface area contributed by atoms with Crippen LogP contribution >= 0.6 is 0 Å². The Morgan fingerprint density at radius 1 is 1.21 bits per heavy atom. The molecule has 0 fully saturated rings. The second kappa shape index (κ2) is 4.53. The molecule has 0 atom stereocenters. The van der Waals surface area contributed by atoms with Gasteiger partial charge in [-0.15, -0.1) is 5.10 Å². The maximum atomic E-state index is 11.0. The van der Waals surface area contributed by atoms with E-state index in [0.29, 0.717) is 22.8 Å². The van der Waals surface area contributed by atoms with Crippen LogP contribution in [0, 0.1) is 0 Å². The lowest BCUT2D eigenvalue weighted by molar-refractivity contribution is 0.112. The largest absolute Gasteiger partial charge is 0.496 e. The van der Waals surface area contributed by atoms with Crippen LogP contribution in [-0.4, -0.2) is 28.0 Å². The molecule has 1 aromatic carbocycles. The van der Waals surface area contributed by atoms with Crippen molar-refractivity contribution in [3.05, 3.63) is 48.2 Å². The predicted octanol–water partition coefficient (Wildman–Crippen LogP) is 2.22. The Morgan fingerprint density at radius 2 is 2.05 bits per heavy atom. The van der Waals surface area contributed by atoms with Crippen molar-refractivity contribution in [2.24, 2.45) is 0 Å². The van der Waals surface area contributed by atoms with E-state index in [1.165, 1.54) is 0 Å². The first-order valence-electron chi connectivity index (χ1n) is 5.77. The van der Waals surface area contributed by atoms with Crippen molar-refractivity contribution in [1.82, 2.24) is 14.6 Å². The second-order valence-electron chi connectivity index (χ2n) is 3.99. The van der Waals surface area contributed by atoms with E-state index in [2.05, 4.69) is 10.1 Å². The molecule has 5 heteroatoms. The monoisotopic (exact) mass is 253 g/mol. The first kappa shape index (κ1) is 11.4. The number of hydrogen-bond acceptors (Lipinski definition) is 4. The number of ether oxygens (including phenoxy) is 1. The zero-order chi connectivity index (χ0) is 13.2. The number of aromatic nitrogens is 3. The highest BCUT2D eigenvalue weighted by molar-refractivity contribution is 5.84. The highest BCUT2D eigenvalue weighted by Gasteiger charge is 2.12. The lowest BCUT2D eigenvalue weighted by atomic mass is 10.2. The summed E-state index contributed by atoms with van der Waals surface area (Å²) in [7, 11) is 1.60. The van der Waals surface area contributed by atoms with Gasteiger partial charge in [0.25, 0.3) is 0 Å². The molecule has 3 aromatic rings. The van der Waals surface area contributed by atoms with Crippen molar-refractivity contribution < 1.29 is 9.53 Å². The molecule has 19 heavy (non-hydrogen) atoms. The van der Waals surface area contributed by atoms with Crippen LogP contribution in [0.25, 0.3) is 17.0 Å². The third-order valence-electron chi connectivity index (χ3n) is 2.87. The number of fused-ring (bicyclic) bond motifs is 1. The first-order chi connectivity index (χ1) is 9.33. The summed E-state index contributed by atoms with van der Waals surface area (Å²) in [4.78, 5) is 15.4. The highest BCUT2D eigenvalue weighted by Crippen LogP contribution is 2.27. The molecule has 2 heterocycles. The fraction of sp³-hybridized carbons (Fsp3) is 0.0714. The highest BCUT2D eigenvalue weighted by atomic mass is 16.5. The second-order valence-corrected chi connectivity index (χ2v) is 3.99. The maximum Gasteiger partial charge on any atom is 0.185 e. The zero-order valence-electron chi connectivity index (χ0n) is 10.3. The Balaban J connectivity index is 2.23. The Bertz CT molecular complexity index is 749. The number of nitrogens with zero attached hydrogens (tertiary/aromatic N) is 3. The molecule has 0 saturated carbocycles. The van der Waals surface area contributed by atoms with Crippen LogP contribution in [0.4, 0.5) is 0 Å². The molecule has 0 spiro atoms. The summed E-state index contributed by atoms with van der Waals surface area (Å²) in [5, 5.41) is 4.37. The quantitative estimate of drug-likeness (QED) is 0.671. The molecule has 0 aliphatic rings. The molecule has 0 bridgehead atoms. The van der Waals surface area contributed by atoms with Crippen LogP contribution in [0.1, 0.15) is 10.4 Å². The third kappa shape index (κ3) is 1.85. The lowest BCUT2D eigenvalue weighted by Gasteiger charge is -2.03. The summed E-state index contributed by atoms with van der Waals surface area (Å²) < 4.78 is 6.88. The van der Waals surface area contributed by atoms with Gasteiger partial charge in [-0.3, -0.25) is 4.79 Å². The minimum absolute atomic E-state index is 0.510. The molecular formula is C14H11N3O2. The summed E-state index contributed by atoms with van der Waals surface area (Å²) in [6, 6.07) is 11.0. The Labute approximate surface area is 109 Å². The fourth-order valence-corrected chi connectivity index (χ4v) is 1.96.